The lowest BCUT2D eigenvalue weighted by atomic mass is 9.89. The van der Waals surface area contributed by atoms with Gasteiger partial charge in [0.25, 0.3) is 5.91 Å². The van der Waals surface area contributed by atoms with Gasteiger partial charge in [0.1, 0.15) is 0 Å². The lowest BCUT2D eigenvalue weighted by Crippen LogP contribution is -2.37. The van der Waals surface area contributed by atoms with E-state index >= 15 is 0 Å². The number of hydrogen-bond acceptors (Lipinski definition) is 3. The van der Waals surface area contributed by atoms with E-state index in [1.165, 1.54) is 32.1 Å². The normalized spacial score (nSPS) is 18.1. The number of carbonyl (C=O) groups excluding carboxylic acids is 1. The molecule has 0 aromatic carbocycles. The summed E-state index contributed by atoms with van der Waals surface area (Å²) in [4.78, 5) is 15.0. The van der Waals surface area contributed by atoms with Gasteiger partial charge in [-0.2, -0.15) is 5.10 Å². The first-order valence-corrected chi connectivity index (χ1v) is 8.85. The van der Waals surface area contributed by atoms with Gasteiger partial charge in [-0.3, -0.25) is 9.89 Å². The number of amides is 1. The molecule has 2 heterocycles. The van der Waals surface area contributed by atoms with Crippen molar-refractivity contribution in [2.45, 2.75) is 58.4 Å². The van der Waals surface area contributed by atoms with Gasteiger partial charge in [0.15, 0.2) is 5.69 Å². The minimum absolute atomic E-state index is 0. The molecule has 0 spiro atoms. The molecule has 2 N–H and O–H groups in total. The van der Waals surface area contributed by atoms with Gasteiger partial charge >= 0.3 is 0 Å². The average Bonchev–Trinajstić information content (AvgIpc) is 2.99. The average molecular weight is 341 g/mol. The minimum Gasteiger partial charge on any atom is -0.337 e. The van der Waals surface area contributed by atoms with Crippen molar-refractivity contribution in [3.05, 3.63) is 17.0 Å². The Hall–Kier alpha value is -1.07. The van der Waals surface area contributed by atoms with Crippen molar-refractivity contribution in [2.24, 2.45) is 5.92 Å². The summed E-state index contributed by atoms with van der Waals surface area (Å²) in [6, 6.07) is 0. The van der Waals surface area contributed by atoms with Crippen molar-refractivity contribution in [2.75, 3.05) is 19.6 Å². The number of fused-ring (bicyclic) bond motifs is 1. The highest BCUT2D eigenvalue weighted by Crippen LogP contribution is 2.25. The highest BCUT2D eigenvalue weighted by molar-refractivity contribution is 5.94. The summed E-state index contributed by atoms with van der Waals surface area (Å²) in [6.07, 6.45) is 8.48. The van der Waals surface area contributed by atoms with E-state index in [1.54, 1.807) is 0 Å². The van der Waals surface area contributed by atoms with Crippen molar-refractivity contribution in [1.82, 2.24) is 20.4 Å². The molecule has 0 radical (unpaired) electrons. The van der Waals surface area contributed by atoms with Gasteiger partial charge in [0.05, 0.1) is 0 Å². The molecule has 2 aliphatic rings. The topological polar surface area (TPSA) is 61.0 Å². The molecule has 0 saturated heterocycles. The Morgan fingerprint density at radius 3 is 2.83 bits per heavy atom. The molecule has 0 bridgehead atoms. The third kappa shape index (κ3) is 4.27. The number of rotatable bonds is 5. The fraction of sp³-hybridized carbons (Fsp3) is 0.765. The largest absolute Gasteiger partial charge is 0.337 e. The van der Waals surface area contributed by atoms with Gasteiger partial charge in [0.2, 0.25) is 0 Å². The van der Waals surface area contributed by atoms with E-state index in [9.17, 15) is 4.79 Å². The van der Waals surface area contributed by atoms with Crippen LogP contribution in [-0.4, -0.2) is 40.6 Å². The molecule has 0 atom stereocenters. The van der Waals surface area contributed by atoms with Crippen molar-refractivity contribution >= 4 is 18.3 Å². The zero-order valence-electron chi connectivity index (χ0n) is 14.1. The Bertz CT molecular complexity index is 511. The smallest absolute Gasteiger partial charge is 0.274 e. The SMILES string of the molecule is CCCN(CC1CCCCC1)C(=O)c1n[nH]c2c1CNCC2.Cl. The molecule has 1 saturated carbocycles. The molecule has 1 aromatic heterocycles. The lowest BCUT2D eigenvalue weighted by Gasteiger charge is -2.29. The van der Waals surface area contributed by atoms with Crippen LogP contribution in [0.25, 0.3) is 0 Å². The highest BCUT2D eigenvalue weighted by Gasteiger charge is 2.27. The van der Waals surface area contributed by atoms with E-state index in [0.717, 1.165) is 50.3 Å². The quantitative estimate of drug-likeness (QED) is 0.866. The van der Waals surface area contributed by atoms with E-state index in [1.807, 2.05) is 4.90 Å². The van der Waals surface area contributed by atoms with Crippen LogP contribution in [-0.2, 0) is 13.0 Å². The Morgan fingerprint density at radius 1 is 1.30 bits per heavy atom. The Labute approximate surface area is 145 Å². The van der Waals surface area contributed by atoms with E-state index in [4.69, 9.17) is 0 Å². The fourth-order valence-corrected chi connectivity index (χ4v) is 3.78. The number of aromatic amines is 1. The van der Waals surface area contributed by atoms with Crippen LogP contribution in [0, 0.1) is 5.92 Å². The van der Waals surface area contributed by atoms with Crippen molar-refractivity contribution in [3.8, 4) is 0 Å². The predicted octanol–water partition coefficient (Wildman–Crippen LogP) is 2.91. The van der Waals surface area contributed by atoms with Gasteiger partial charge in [-0.1, -0.05) is 26.2 Å². The summed E-state index contributed by atoms with van der Waals surface area (Å²) >= 11 is 0. The lowest BCUT2D eigenvalue weighted by molar-refractivity contribution is 0.0706. The van der Waals surface area contributed by atoms with Crippen LogP contribution in [0.5, 0.6) is 0 Å². The number of carbonyl (C=O) groups is 1. The summed E-state index contributed by atoms with van der Waals surface area (Å²) in [7, 11) is 0. The number of nitrogens with one attached hydrogen (secondary N) is 2. The highest BCUT2D eigenvalue weighted by atomic mass is 35.5. The van der Waals surface area contributed by atoms with Gasteiger partial charge in [0, 0.05) is 43.9 Å². The van der Waals surface area contributed by atoms with E-state index in [0.29, 0.717) is 11.6 Å². The Balaban J connectivity index is 0.00000192. The summed E-state index contributed by atoms with van der Waals surface area (Å²) < 4.78 is 0. The monoisotopic (exact) mass is 340 g/mol. The zero-order valence-corrected chi connectivity index (χ0v) is 14.9. The van der Waals surface area contributed by atoms with Crippen molar-refractivity contribution in [1.29, 1.82) is 0 Å². The summed E-state index contributed by atoms with van der Waals surface area (Å²) in [5.74, 6) is 0.797. The number of halogens is 1. The van der Waals surface area contributed by atoms with Gasteiger partial charge in [-0.05, 0) is 25.2 Å². The second-order valence-electron chi connectivity index (χ2n) is 6.71. The fourth-order valence-electron chi connectivity index (χ4n) is 3.78. The van der Waals surface area contributed by atoms with Crippen LogP contribution >= 0.6 is 12.4 Å². The predicted molar refractivity (Wildman–Crippen MR) is 94.0 cm³/mol. The Morgan fingerprint density at radius 2 is 2.09 bits per heavy atom. The van der Waals surface area contributed by atoms with Crippen LogP contribution in [0.1, 0.15) is 67.2 Å². The number of H-pyrrole nitrogens is 1. The molecule has 0 unspecified atom stereocenters. The van der Waals surface area contributed by atoms with Crippen LogP contribution in [0.4, 0.5) is 0 Å². The first kappa shape index (κ1) is 18.3. The maximum absolute atomic E-state index is 13.0. The van der Waals surface area contributed by atoms with E-state index in [2.05, 4.69) is 22.4 Å². The minimum atomic E-state index is 0. The second kappa shape index (κ2) is 8.69. The maximum atomic E-state index is 13.0. The first-order chi connectivity index (χ1) is 10.8. The summed E-state index contributed by atoms with van der Waals surface area (Å²) in [5, 5.41) is 10.8. The van der Waals surface area contributed by atoms with Crippen LogP contribution in [0.2, 0.25) is 0 Å². The van der Waals surface area contributed by atoms with Crippen LogP contribution < -0.4 is 5.32 Å². The van der Waals surface area contributed by atoms with Crippen LogP contribution in [0.15, 0.2) is 0 Å². The number of nitrogens with zero attached hydrogens (tertiary/aromatic N) is 2. The second-order valence-corrected chi connectivity index (χ2v) is 6.71. The van der Waals surface area contributed by atoms with E-state index < -0.39 is 0 Å². The molecule has 1 aliphatic carbocycles. The molecule has 23 heavy (non-hydrogen) atoms. The molecule has 3 rings (SSSR count). The first-order valence-electron chi connectivity index (χ1n) is 8.85. The zero-order chi connectivity index (χ0) is 15.4. The van der Waals surface area contributed by atoms with Gasteiger partial charge < -0.3 is 10.2 Å². The summed E-state index contributed by atoms with van der Waals surface area (Å²) in [5.41, 5.74) is 2.86. The molecule has 6 heteroatoms. The number of hydrogen-bond donors (Lipinski definition) is 2. The molecule has 1 aromatic rings. The molecule has 1 fully saturated rings. The number of aromatic nitrogens is 2. The van der Waals surface area contributed by atoms with E-state index in [-0.39, 0.29) is 18.3 Å². The molecule has 1 aliphatic heterocycles. The molecular formula is C17H29ClN4O. The molecule has 1 amide bonds. The van der Waals surface area contributed by atoms with Gasteiger partial charge in [-0.15, -0.1) is 12.4 Å². The maximum Gasteiger partial charge on any atom is 0.274 e. The van der Waals surface area contributed by atoms with Crippen molar-refractivity contribution < 1.29 is 4.79 Å². The van der Waals surface area contributed by atoms with Crippen LogP contribution in [0.3, 0.4) is 0 Å². The third-order valence-corrected chi connectivity index (χ3v) is 4.99. The van der Waals surface area contributed by atoms with Gasteiger partial charge in [-0.25, -0.2) is 0 Å². The van der Waals surface area contributed by atoms with Crippen molar-refractivity contribution in [3.63, 3.8) is 0 Å². The third-order valence-electron chi connectivity index (χ3n) is 4.99. The molecule has 5 nitrogen and oxygen atoms in total. The standard InChI is InChI=1S/C17H28N4O.ClH/c1-2-10-21(12-13-6-4-3-5-7-13)17(22)16-14-11-18-9-8-15(14)19-20-16;/h13,18H,2-12H2,1H3,(H,19,20);1H. The molecular weight excluding hydrogens is 312 g/mol. The Kier molecular flexibility index (Phi) is 6.90. The summed E-state index contributed by atoms with van der Waals surface area (Å²) in [6.45, 7) is 5.61. The molecule has 130 valence electrons.